The van der Waals surface area contributed by atoms with Crippen LogP contribution in [0.15, 0.2) is 35.0 Å². The molecule has 0 unspecified atom stereocenters. The first kappa shape index (κ1) is 12.8. The van der Waals surface area contributed by atoms with E-state index in [2.05, 4.69) is 9.44 Å². The van der Waals surface area contributed by atoms with Crippen molar-refractivity contribution >= 4 is 10.2 Å². The zero-order valence-corrected chi connectivity index (χ0v) is 11.2. The zero-order valence-electron chi connectivity index (χ0n) is 10.4. The molecular formula is C11H17N3O3S. The number of hydrogen-bond acceptors (Lipinski definition) is 4. The van der Waals surface area contributed by atoms with Crippen molar-refractivity contribution in [3.8, 4) is 0 Å². The molecule has 2 aliphatic rings. The molecule has 18 heavy (non-hydrogen) atoms. The maximum atomic E-state index is 11.5. The summed E-state index contributed by atoms with van der Waals surface area (Å²) in [4.78, 5) is 0. The second kappa shape index (κ2) is 4.56. The smallest absolute Gasteiger partial charge is 0.322 e. The summed E-state index contributed by atoms with van der Waals surface area (Å²) < 4.78 is 33.2. The number of nitrogens with one attached hydrogen (secondary N) is 2. The van der Waals surface area contributed by atoms with E-state index in [1.165, 1.54) is 0 Å². The van der Waals surface area contributed by atoms with Gasteiger partial charge in [-0.2, -0.15) is 8.42 Å². The summed E-state index contributed by atoms with van der Waals surface area (Å²) in [7, 11) is -3.59. The fourth-order valence-electron chi connectivity index (χ4n) is 1.74. The van der Waals surface area contributed by atoms with Crippen LogP contribution in [0.5, 0.6) is 0 Å². The molecule has 0 bridgehead atoms. The highest BCUT2D eigenvalue weighted by Crippen LogP contribution is 2.28. The van der Waals surface area contributed by atoms with E-state index >= 15 is 0 Å². The number of fused-ring (bicyclic) bond motifs is 1. The summed E-state index contributed by atoms with van der Waals surface area (Å²) in [5, 5.41) is 0. The van der Waals surface area contributed by atoms with Crippen LogP contribution in [0.4, 0.5) is 0 Å². The Morgan fingerprint density at radius 1 is 1.39 bits per heavy atom. The number of ether oxygens (including phenoxy) is 1. The summed E-state index contributed by atoms with van der Waals surface area (Å²) in [6.45, 7) is 4.64. The van der Waals surface area contributed by atoms with Gasteiger partial charge in [-0.15, -0.1) is 0 Å². The molecule has 1 aliphatic carbocycles. The Hall–Kier alpha value is -1.63. The minimum Gasteiger partial charge on any atom is -0.493 e. The highest BCUT2D eigenvalue weighted by molar-refractivity contribution is 7.87. The Bertz CT molecular complexity index is 544. The van der Waals surface area contributed by atoms with Crippen LogP contribution in [0.3, 0.4) is 0 Å². The molecule has 6 nitrogen and oxygen atoms in total. The molecule has 0 radical (unpaired) electrons. The fraction of sp³-hybridized carbons (Fsp3) is 0.455. The number of rotatable bonds is 3. The van der Waals surface area contributed by atoms with E-state index in [4.69, 9.17) is 10.5 Å². The van der Waals surface area contributed by atoms with Crippen molar-refractivity contribution in [1.82, 2.24) is 9.44 Å². The van der Waals surface area contributed by atoms with E-state index in [9.17, 15) is 8.42 Å². The Morgan fingerprint density at radius 3 is 2.78 bits per heavy atom. The fourth-order valence-corrected chi connectivity index (χ4v) is 2.66. The quantitative estimate of drug-likeness (QED) is 0.694. The second-order valence-corrected chi connectivity index (χ2v) is 6.04. The third-order valence-electron chi connectivity index (χ3n) is 2.47. The Balaban J connectivity index is 2.29. The van der Waals surface area contributed by atoms with Crippen LogP contribution in [-0.4, -0.2) is 15.0 Å². The van der Waals surface area contributed by atoms with E-state index in [-0.39, 0.29) is 5.82 Å². The summed E-state index contributed by atoms with van der Waals surface area (Å²) in [6, 6.07) is 0. The van der Waals surface area contributed by atoms with E-state index in [1.54, 1.807) is 6.08 Å². The summed E-state index contributed by atoms with van der Waals surface area (Å²) >= 11 is 0. The molecule has 0 aromatic carbocycles. The highest BCUT2D eigenvalue weighted by atomic mass is 32.2. The van der Waals surface area contributed by atoms with Crippen LogP contribution < -0.4 is 15.2 Å². The lowest BCUT2D eigenvalue weighted by molar-refractivity contribution is 0.184. The first-order valence-corrected chi connectivity index (χ1v) is 7.21. The van der Waals surface area contributed by atoms with Crippen LogP contribution in [0.2, 0.25) is 0 Å². The molecule has 1 heterocycles. The number of hydrogen-bond donors (Lipinski definition) is 3. The van der Waals surface area contributed by atoms with Crippen molar-refractivity contribution in [1.29, 1.82) is 0 Å². The van der Waals surface area contributed by atoms with Gasteiger partial charge in [-0.25, -0.2) is 0 Å². The summed E-state index contributed by atoms with van der Waals surface area (Å²) in [6.07, 6.45) is 4.26. The van der Waals surface area contributed by atoms with Crippen LogP contribution in [0.25, 0.3) is 0 Å². The van der Waals surface area contributed by atoms with Crippen molar-refractivity contribution in [3.63, 3.8) is 0 Å². The van der Waals surface area contributed by atoms with Gasteiger partial charge < -0.3 is 10.5 Å². The molecule has 1 aliphatic heterocycles. The third-order valence-corrected chi connectivity index (χ3v) is 3.45. The Morgan fingerprint density at radius 2 is 2.11 bits per heavy atom. The predicted octanol–water partition coefficient (Wildman–Crippen LogP) is 0.438. The zero-order chi connectivity index (χ0) is 13.3. The van der Waals surface area contributed by atoms with Gasteiger partial charge in [-0.3, -0.25) is 9.44 Å². The minimum atomic E-state index is -3.59. The van der Waals surface area contributed by atoms with E-state index in [0.29, 0.717) is 36.0 Å². The van der Waals surface area contributed by atoms with Crippen LogP contribution >= 0.6 is 0 Å². The van der Waals surface area contributed by atoms with Gasteiger partial charge in [-0.05, 0) is 18.4 Å². The van der Waals surface area contributed by atoms with Crippen molar-refractivity contribution in [3.05, 3.63) is 35.0 Å². The predicted molar refractivity (Wildman–Crippen MR) is 68.0 cm³/mol. The molecule has 0 atom stereocenters. The van der Waals surface area contributed by atoms with Gasteiger partial charge in [-0.1, -0.05) is 19.9 Å². The summed E-state index contributed by atoms with van der Waals surface area (Å²) in [5.41, 5.74) is 6.81. The van der Waals surface area contributed by atoms with Crippen molar-refractivity contribution in [2.75, 3.05) is 6.61 Å². The van der Waals surface area contributed by atoms with E-state index in [1.807, 2.05) is 19.9 Å². The maximum Gasteiger partial charge on any atom is 0.322 e. The molecule has 0 spiro atoms. The van der Waals surface area contributed by atoms with Gasteiger partial charge in [0.1, 0.15) is 11.6 Å². The van der Waals surface area contributed by atoms with Gasteiger partial charge in [0.2, 0.25) is 0 Å². The lowest BCUT2D eigenvalue weighted by Gasteiger charge is -2.27. The van der Waals surface area contributed by atoms with Gasteiger partial charge in [0, 0.05) is 0 Å². The van der Waals surface area contributed by atoms with Crippen molar-refractivity contribution in [2.45, 2.75) is 20.3 Å². The molecule has 0 fully saturated rings. The monoisotopic (exact) mass is 271 g/mol. The molecule has 0 saturated heterocycles. The molecule has 0 aromatic rings. The Kier molecular flexibility index (Phi) is 3.25. The van der Waals surface area contributed by atoms with Crippen LogP contribution in [0, 0.1) is 5.92 Å². The topological polar surface area (TPSA) is 93.4 Å². The minimum absolute atomic E-state index is 0.0923. The lowest BCUT2D eigenvalue weighted by atomic mass is 10.0. The maximum absolute atomic E-state index is 11.5. The van der Waals surface area contributed by atoms with E-state index in [0.717, 1.165) is 0 Å². The first-order valence-electron chi connectivity index (χ1n) is 5.73. The number of allylic oxidation sites excluding steroid dienone is 2. The Labute approximate surface area is 107 Å². The molecule has 2 rings (SSSR count). The normalized spacial score (nSPS) is 21.5. The number of nitrogens with two attached hydrogens (primary N) is 1. The van der Waals surface area contributed by atoms with Crippen LogP contribution in [0.1, 0.15) is 20.3 Å². The van der Waals surface area contributed by atoms with E-state index < -0.39 is 10.2 Å². The molecule has 0 saturated carbocycles. The summed E-state index contributed by atoms with van der Waals surface area (Å²) in [5.74, 6) is 1.10. The van der Waals surface area contributed by atoms with Gasteiger partial charge >= 0.3 is 10.2 Å². The second-order valence-electron chi connectivity index (χ2n) is 4.62. The standard InChI is InChI=1S/C11H17N3O3S/c1-7(2)6-17-9-5-3-4-8-10(9)11(12)14-18(15,16)13-8/h4-5,7,13-14H,3,6,12H2,1-2H3. The van der Waals surface area contributed by atoms with Crippen molar-refractivity contribution in [2.24, 2.45) is 11.7 Å². The largest absolute Gasteiger partial charge is 0.493 e. The molecular weight excluding hydrogens is 254 g/mol. The van der Waals surface area contributed by atoms with Gasteiger partial charge in [0.15, 0.2) is 0 Å². The third kappa shape index (κ3) is 2.61. The molecule has 4 N–H and O–H groups in total. The molecule has 100 valence electrons. The SMILES string of the molecule is CC(C)COC1=CCC=C2NS(=O)(=O)NC(N)=C21. The molecule has 0 aromatic heterocycles. The van der Waals surface area contributed by atoms with Crippen LogP contribution in [-0.2, 0) is 14.9 Å². The average molecular weight is 271 g/mol. The van der Waals surface area contributed by atoms with Crippen molar-refractivity contribution < 1.29 is 13.2 Å². The highest BCUT2D eigenvalue weighted by Gasteiger charge is 2.29. The van der Waals surface area contributed by atoms with Gasteiger partial charge in [0.25, 0.3) is 0 Å². The first-order chi connectivity index (χ1) is 8.39. The molecule has 0 amide bonds. The van der Waals surface area contributed by atoms with Gasteiger partial charge in [0.05, 0.1) is 17.9 Å². The average Bonchev–Trinajstić information content (AvgIpc) is 2.23. The lowest BCUT2D eigenvalue weighted by Crippen LogP contribution is -2.44. The molecule has 7 heteroatoms.